The van der Waals surface area contributed by atoms with Gasteiger partial charge in [-0.2, -0.15) is 0 Å². The molecule has 0 bridgehead atoms. The van der Waals surface area contributed by atoms with Crippen LogP contribution in [0.2, 0.25) is 5.02 Å². The molecule has 2 aromatic heterocycles. The monoisotopic (exact) mass is 406 g/mol. The largest absolute Gasteiger partial charge is 0.465 e. The van der Waals surface area contributed by atoms with Crippen molar-refractivity contribution in [1.82, 2.24) is 0 Å². The maximum absolute atomic E-state index is 13.1. The van der Waals surface area contributed by atoms with Gasteiger partial charge in [0.1, 0.15) is 11.3 Å². The summed E-state index contributed by atoms with van der Waals surface area (Å²) in [7, 11) is 0. The van der Waals surface area contributed by atoms with Gasteiger partial charge in [0, 0.05) is 16.7 Å². The van der Waals surface area contributed by atoms with Gasteiger partial charge in [0.25, 0.3) is 0 Å². The third kappa shape index (κ3) is 4.00. The normalized spacial score (nSPS) is 11.2. The van der Waals surface area contributed by atoms with Crippen LogP contribution >= 0.6 is 11.6 Å². The molecule has 0 atom stereocenters. The third-order valence-electron chi connectivity index (χ3n) is 4.24. The molecule has 0 saturated carbocycles. The Morgan fingerprint density at radius 3 is 2.62 bits per heavy atom. The first-order valence-electron chi connectivity index (χ1n) is 8.78. The van der Waals surface area contributed by atoms with Crippen molar-refractivity contribution in [1.29, 1.82) is 0 Å². The smallest absolute Gasteiger partial charge is 0.336 e. The number of halogens is 1. The van der Waals surface area contributed by atoms with Gasteiger partial charge in [-0.15, -0.1) is 0 Å². The van der Waals surface area contributed by atoms with Crippen LogP contribution in [-0.2, 0) is 4.79 Å². The summed E-state index contributed by atoms with van der Waals surface area (Å²) < 4.78 is 16.5. The average Bonchev–Trinajstić information content (AvgIpc) is 3.23. The number of hydrogen-bond acceptors (Lipinski definition) is 5. The fraction of sp³-hybridized carbons (Fsp3) is 0.0435. The lowest BCUT2D eigenvalue weighted by Gasteiger charge is -2.10. The number of fused-ring (bicyclic) bond motifs is 1. The van der Waals surface area contributed by atoms with Crippen molar-refractivity contribution < 1.29 is 18.4 Å². The van der Waals surface area contributed by atoms with Crippen molar-refractivity contribution in [3.63, 3.8) is 0 Å². The maximum Gasteiger partial charge on any atom is 0.336 e. The fourth-order valence-electron chi connectivity index (χ4n) is 2.85. The van der Waals surface area contributed by atoms with E-state index in [-0.39, 0.29) is 11.5 Å². The molecule has 0 saturated heterocycles. The topological polar surface area (TPSA) is 69.7 Å². The van der Waals surface area contributed by atoms with E-state index in [2.05, 4.69) is 0 Å². The van der Waals surface area contributed by atoms with E-state index in [1.165, 1.54) is 18.4 Å². The van der Waals surface area contributed by atoms with Gasteiger partial charge in [-0.3, -0.25) is 4.79 Å². The molecule has 4 aromatic rings. The Morgan fingerprint density at radius 1 is 1.10 bits per heavy atom. The van der Waals surface area contributed by atoms with Crippen LogP contribution in [0.5, 0.6) is 5.75 Å². The zero-order valence-electron chi connectivity index (χ0n) is 15.3. The predicted octanol–water partition coefficient (Wildman–Crippen LogP) is 5.63. The number of carbonyl (C=O) groups excluding carboxylic acids is 1. The van der Waals surface area contributed by atoms with E-state index in [9.17, 15) is 9.59 Å². The molecule has 6 heteroatoms. The Morgan fingerprint density at radius 2 is 1.90 bits per heavy atom. The highest BCUT2D eigenvalue weighted by atomic mass is 35.5. The second kappa shape index (κ2) is 7.81. The summed E-state index contributed by atoms with van der Waals surface area (Å²) in [4.78, 5) is 25.5. The van der Waals surface area contributed by atoms with Crippen LogP contribution in [0, 0.1) is 6.92 Å². The number of hydrogen-bond donors (Lipinski definition) is 0. The van der Waals surface area contributed by atoms with E-state index in [4.69, 9.17) is 25.2 Å². The van der Waals surface area contributed by atoms with Crippen LogP contribution in [0.3, 0.4) is 0 Å². The Labute approximate surface area is 170 Å². The molecule has 2 heterocycles. The molecule has 0 aliphatic heterocycles. The van der Waals surface area contributed by atoms with Crippen LogP contribution in [0.1, 0.15) is 11.3 Å². The van der Waals surface area contributed by atoms with Gasteiger partial charge in [-0.25, -0.2) is 4.79 Å². The van der Waals surface area contributed by atoms with Crippen molar-refractivity contribution in [3.05, 3.63) is 93.5 Å². The summed E-state index contributed by atoms with van der Waals surface area (Å²) in [6.45, 7) is 1.86. The van der Waals surface area contributed by atoms with Gasteiger partial charge in [0.2, 0.25) is 11.2 Å². The molecular formula is C23H15ClO5. The van der Waals surface area contributed by atoms with Crippen LogP contribution in [0.15, 0.2) is 80.6 Å². The molecule has 0 aliphatic carbocycles. The molecule has 4 rings (SSSR count). The number of rotatable bonds is 4. The first-order valence-corrected chi connectivity index (χ1v) is 9.16. The van der Waals surface area contributed by atoms with E-state index in [0.717, 1.165) is 5.56 Å². The first-order chi connectivity index (χ1) is 14.0. The fourth-order valence-corrected chi connectivity index (χ4v) is 2.97. The summed E-state index contributed by atoms with van der Waals surface area (Å²) in [5.74, 6) is -0.265. The SMILES string of the molecule is Cc1ccc2oc(-c3ccc(Cl)cc3)c(OC(=O)/C=C/c3ccco3)c(=O)c2c1. The Bertz CT molecular complexity index is 1270. The number of benzene rings is 2. The van der Waals surface area contributed by atoms with Gasteiger partial charge in [-0.05, 0) is 61.5 Å². The molecule has 2 aromatic carbocycles. The van der Waals surface area contributed by atoms with Crippen LogP contribution in [0.4, 0.5) is 0 Å². The zero-order chi connectivity index (χ0) is 20.4. The summed E-state index contributed by atoms with van der Waals surface area (Å²) in [5, 5.41) is 0.868. The van der Waals surface area contributed by atoms with Crippen LogP contribution in [-0.4, -0.2) is 5.97 Å². The third-order valence-corrected chi connectivity index (χ3v) is 4.49. The molecule has 0 spiro atoms. The summed E-state index contributed by atoms with van der Waals surface area (Å²) in [6, 6.07) is 15.4. The Balaban J connectivity index is 1.82. The second-order valence-electron chi connectivity index (χ2n) is 6.37. The molecule has 29 heavy (non-hydrogen) atoms. The molecule has 0 radical (unpaired) electrons. The quantitative estimate of drug-likeness (QED) is 0.324. The van der Waals surface area contributed by atoms with E-state index in [1.807, 2.05) is 13.0 Å². The first kappa shape index (κ1) is 18.8. The van der Waals surface area contributed by atoms with Gasteiger partial charge in [-0.1, -0.05) is 23.2 Å². The van der Waals surface area contributed by atoms with Gasteiger partial charge in [0.05, 0.1) is 11.6 Å². The lowest BCUT2D eigenvalue weighted by atomic mass is 10.1. The lowest BCUT2D eigenvalue weighted by molar-refractivity contribution is -0.129. The Kier molecular flexibility index (Phi) is 5.06. The van der Waals surface area contributed by atoms with Crippen molar-refractivity contribution >= 4 is 34.6 Å². The molecular weight excluding hydrogens is 392 g/mol. The van der Waals surface area contributed by atoms with Crippen molar-refractivity contribution in [2.24, 2.45) is 0 Å². The number of aryl methyl sites for hydroxylation is 1. The second-order valence-corrected chi connectivity index (χ2v) is 6.80. The van der Waals surface area contributed by atoms with E-state index >= 15 is 0 Å². The number of ether oxygens (including phenoxy) is 1. The highest BCUT2D eigenvalue weighted by Gasteiger charge is 2.20. The predicted molar refractivity (Wildman–Crippen MR) is 111 cm³/mol. The lowest BCUT2D eigenvalue weighted by Crippen LogP contribution is -2.14. The highest BCUT2D eigenvalue weighted by Crippen LogP contribution is 2.32. The summed E-state index contributed by atoms with van der Waals surface area (Å²) >= 11 is 5.96. The molecule has 5 nitrogen and oxygen atoms in total. The van der Waals surface area contributed by atoms with E-state index in [0.29, 0.717) is 27.3 Å². The molecule has 0 N–H and O–H groups in total. The highest BCUT2D eigenvalue weighted by molar-refractivity contribution is 6.30. The van der Waals surface area contributed by atoms with Crippen molar-refractivity contribution in [2.75, 3.05) is 0 Å². The van der Waals surface area contributed by atoms with Crippen molar-refractivity contribution in [2.45, 2.75) is 6.92 Å². The molecule has 0 amide bonds. The summed E-state index contributed by atoms with van der Waals surface area (Å²) in [5.41, 5.74) is 1.42. The minimum absolute atomic E-state index is 0.155. The van der Waals surface area contributed by atoms with Gasteiger partial charge in [0.15, 0.2) is 5.76 Å². The van der Waals surface area contributed by atoms with Gasteiger partial charge < -0.3 is 13.6 Å². The number of furan rings is 1. The van der Waals surface area contributed by atoms with Crippen LogP contribution < -0.4 is 10.2 Å². The van der Waals surface area contributed by atoms with E-state index in [1.54, 1.807) is 48.5 Å². The average molecular weight is 407 g/mol. The minimum atomic E-state index is -0.726. The van der Waals surface area contributed by atoms with E-state index < -0.39 is 11.4 Å². The Hall–Kier alpha value is -3.57. The van der Waals surface area contributed by atoms with Gasteiger partial charge >= 0.3 is 5.97 Å². The van der Waals surface area contributed by atoms with Crippen LogP contribution in [0.25, 0.3) is 28.4 Å². The number of esters is 1. The maximum atomic E-state index is 13.1. The molecule has 144 valence electrons. The molecule has 0 aliphatic rings. The van der Waals surface area contributed by atoms with Crippen molar-refractivity contribution in [3.8, 4) is 17.1 Å². The minimum Gasteiger partial charge on any atom is -0.465 e. The number of carbonyl (C=O) groups is 1. The standard InChI is InChI=1S/C23H15ClO5/c1-14-4-10-19-18(13-14)21(26)23(22(28-19)15-5-7-16(24)8-6-15)29-20(25)11-9-17-3-2-12-27-17/h2-13H,1H3/b11-9+. The molecule has 0 fully saturated rings. The zero-order valence-corrected chi connectivity index (χ0v) is 16.1. The summed E-state index contributed by atoms with van der Waals surface area (Å²) in [6.07, 6.45) is 4.13. The molecule has 0 unspecified atom stereocenters.